The van der Waals surface area contributed by atoms with Crippen molar-refractivity contribution in [2.45, 2.75) is 13.0 Å². The number of piperazine rings is 1. The van der Waals surface area contributed by atoms with Gasteiger partial charge in [-0.25, -0.2) is 0 Å². The molecular formula is C14H26N6O2. The van der Waals surface area contributed by atoms with E-state index in [1.165, 1.54) is 0 Å². The van der Waals surface area contributed by atoms with Gasteiger partial charge in [0, 0.05) is 26.2 Å². The molecule has 0 aromatic carbocycles. The van der Waals surface area contributed by atoms with Crippen LogP contribution in [-0.4, -0.2) is 91.2 Å². The predicted octanol–water partition coefficient (Wildman–Crippen LogP) is -0.501. The summed E-state index contributed by atoms with van der Waals surface area (Å²) >= 11 is 0. The van der Waals surface area contributed by atoms with Crippen LogP contribution in [0.25, 0.3) is 0 Å². The van der Waals surface area contributed by atoms with Gasteiger partial charge in [0.15, 0.2) is 0 Å². The maximum absolute atomic E-state index is 12.3. The van der Waals surface area contributed by atoms with Crippen LogP contribution in [0.5, 0.6) is 0 Å². The molecule has 1 aliphatic rings. The molecule has 0 aliphatic carbocycles. The maximum Gasteiger partial charge on any atom is 0.311 e. The van der Waals surface area contributed by atoms with Crippen LogP contribution in [-0.2, 0) is 6.54 Å². The van der Waals surface area contributed by atoms with Gasteiger partial charge in [0.25, 0.3) is 0 Å². The Morgan fingerprint density at radius 1 is 1.27 bits per heavy atom. The molecule has 0 bridgehead atoms. The highest BCUT2D eigenvalue weighted by molar-refractivity contribution is 5.89. The molecule has 8 nitrogen and oxygen atoms in total. The van der Waals surface area contributed by atoms with Crippen LogP contribution in [0.15, 0.2) is 4.42 Å². The van der Waals surface area contributed by atoms with Crippen molar-refractivity contribution in [3.05, 3.63) is 11.8 Å². The molecular weight excluding hydrogens is 284 g/mol. The molecule has 22 heavy (non-hydrogen) atoms. The summed E-state index contributed by atoms with van der Waals surface area (Å²) in [5, 5.41) is 10.6. The minimum atomic E-state index is -0.164. The maximum atomic E-state index is 12.3. The lowest BCUT2D eigenvalue weighted by Crippen LogP contribution is -2.49. The van der Waals surface area contributed by atoms with Gasteiger partial charge in [-0.2, -0.15) is 0 Å². The molecule has 8 heteroatoms. The smallest absolute Gasteiger partial charge is 0.311 e. The van der Waals surface area contributed by atoms with Gasteiger partial charge in [-0.15, -0.1) is 10.2 Å². The first-order chi connectivity index (χ1) is 10.6. The summed E-state index contributed by atoms with van der Waals surface area (Å²) < 4.78 is 5.36. The third kappa shape index (κ3) is 4.75. The number of nitrogens with zero attached hydrogens (tertiary/aromatic N) is 5. The van der Waals surface area contributed by atoms with Crippen molar-refractivity contribution >= 4 is 5.91 Å². The van der Waals surface area contributed by atoms with E-state index in [2.05, 4.69) is 39.4 Å². The Morgan fingerprint density at radius 2 is 2.00 bits per heavy atom. The SMILES string of the molecule is CNCc1nnc(C(=O)N2CCN(CCCN(C)C)CC2)o1. The van der Waals surface area contributed by atoms with Crippen molar-refractivity contribution in [3.8, 4) is 0 Å². The second kappa shape index (κ2) is 8.21. The van der Waals surface area contributed by atoms with Crippen LogP contribution in [0.3, 0.4) is 0 Å². The lowest BCUT2D eigenvalue weighted by Gasteiger charge is -2.34. The minimum absolute atomic E-state index is 0.0892. The average Bonchev–Trinajstić information content (AvgIpc) is 2.96. The van der Waals surface area contributed by atoms with Crippen molar-refractivity contribution in [1.82, 2.24) is 30.2 Å². The molecule has 2 rings (SSSR count). The Kier molecular flexibility index (Phi) is 6.29. The molecule has 2 heterocycles. The number of aromatic nitrogens is 2. The fourth-order valence-corrected chi connectivity index (χ4v) is 2.48. The van der Waals surface area contributed by atoms with E-state index in [9.17, 15) is 4.79 Å². The zero-order valence-electron chi connectivity index (χ0n) is 13.7. The normalized spacial score (nSPS) is 16.5. The number of nitrogens with one attached hydrogen (secondary N) is 1. The van der Waals surface area contributed by atoms with E-state index in [0.717, 1.165) is 32.6 Å². The van der Waals surface area contributed by atoms with Gasteiger partial charge >= 0.3 is 11.8 Å². The highest BCUT2D eigenvalue weighted by Crippen LogP contribution is 2.08. The van der Waals surface area contributed by atoms with E-state index in [-0.39, 0.29) is 11.8 Å². The molecule has 0 atom stereocenters. The molecule has 0 spiro atoms. The van der Waals surface area contributed by atoms with E-state index in [1.54, 1.807) is 11.9 Å². The zero-order valence-corrected chi connectivity index (χ0v) is 13.7. The summed E-state index contributed by atoms with van der Waals surface area (Å²) in [6, 6.07) is 0. The third-order valence-electron chi connectivity index (χ3n) is 3.72. The van der Waals surface area contributed by atoms with Crippen LogP contribution in [0.2, 0.25) is 0 Å². The Morgan fingerprint density at radius 3 is 2.64 bits per heavy atom. The van der Waals surface area contributed by atoms with Crippen molar-refractivity contribution in [2.24, 2.45) is 0 Å². The highest BCUT2D eigenvalue weighted by Gasteiger charge is 2.25. The summed E-state index contributed by atoms with van der Waals surface area (Å²) in [5.74, 6) is 0.363. The molecule has 1 amide bonds. The number of carbonyl (C=O) groups is 1. The summed E-state index contributed by atoms with van der Waals surface area (Å²) in [7, 11) is 5.97. The summed E-state index contributed by atoms with van der Waals surface area (Å²) in [6.07, 6.45) is 1.15. The predicted molar refractivity (Wildman–Crippen MR) is 82.6 cm³/mol. The molecule has 1 aliphatic heterocycles. The van der Waals surface area contributed by atoms with Gasteiger partial charge < -0.3 is 19.5 Å². The minimum Gasteiger partial charge on any atom is -0.415 e. The second-order valence-corrected chi connectivity index (χ2v) is 5.82. The number of carbonyl (C=O) groups excluding carboxylic acids is 1. The number of rotatable bonds is 7. The van der Waals surface area contributed by atoms with E-state index in [4.69, 9.17) is 4.42 Å². The molecule has 1 N–H and O–H groups in total. The summed E-state index contributed by atoms with van der Waals surface area (Å²) in [6.45, 7) is 5.87. The van der Waals surface area contributed by atoms with Crippen molar-refractivity contribution in [1.29, 1.82) is 0 Å². The first kappa shape index (κ1) is 16.9. The Bertz CT molecular complexity index is 468. The second-order valence-electron chi connectivity index (χ2n) is 5.82. The van der Waals surface area contributed by atoms with Crippen LogP contribution < -0.4 is 5.32 Å². The standard InChI is InChI=1S/C14H26N6O2/c1-15-11-12-16-17-13(22-12)14(21)20-9-7-19(8-10-20)6-4-5-18(2)3/h15H,4-11H2,1-3H3. The van der Waals surface area contributed by atoms with E-state index >= 15 is 0 Å². The molecule has 1 fully saturated rings. The monoisotopic (exact) mass is 310 g/mol. The molecule has 0 unspecified atom stereocenters. The molecule has 1 saturated heterocycles. The third-order valence-corrected chi connectivity index (χ3v) is 3.72. The zero-order chi connectivity index (χ0) is 15.9. The van der Waals surface area contributed by atoms with Crippen molar-refractivity contribution in [3.63, 3.8) is 0 Å². The number of amides is 1. The van der Waals surface area contributed by atoms with Gasteiger partial charge in [0.05, 0.1) is 6.54 Å². The highest BCUT2D eigenvalue weighted by atomic mass is 16.4. The first-order valence-electron chi connectivity index (χ1n) is 7.73. The van der Waals surface area contributed by atoms with E-state index in [0.29, 0.717) is 25.5 Å². The summed E-state index contributed by atoms with van der Waals surface area (Å²) in [4.78, 5) is 18.7. The number of hydrogen-bond acceptors (Lipinski definition) is 7. The molecule has 0 saturated carbocycles. The van der Waals surface area contributed by atoms with Gasteiger partial charge in [0.1, 0.15) is 0 Å². The van der Waals surface area contributed by atoms with Gasteiger partial charge in [-0.3, -0.25) is 9.69 Å². The van der Waals surface area contributed by atoms with Crippen LogP contribution in [0, 0.1) is 0 Å². The Labute approximate surface area is 131 Å². The Balaban J connectivity index is 1.76. The lowest BCUT2D eigenvalue weighted by molar-refractivity contribution is 0.0593. The quantitative estimate of drug-likeness (QED) is 0.727. The molecule has 124 valence electrons. The van der Waals surface area contributed by atoms with Gasteiger partial charge in [-0.1, -0.05) is 0 Å². The first-order valence-corrected chi connectivity index (χ1v) is 7.73. The van der Waals surface area contributed by atoms with E-state index < -0.39 is 0 Å². The average molecular weight is 310 g/mol. The van der Waals surface area contributed by atoms with Crippen LogP contribution in [0.4, 0.5) is 0 Å². The lowest BCUT2D eigenvalue weighted by atomic mass is 10.2. The van der Waals surface area contributed by atoms with Crippen molar-refractivity contribution in [2.75, 3.05) is 60.4 Å². The topological polar surface area (TPSA) is 77.7 Å². The van der Waals surface area contributed by atoms with Gasteiger partial charge in [-0.05, 0) is 40.7 Å². The van der Waals surface area contributed by atoms with Crippen LogP contribution >= 0.6 is 0 Å². The summed E-state index contributed by atoms with van der Waals surface area (Å²) in [5.41, 5.74) is 0. The van der Waals surface area contributed by atoms with Crippen molar-refractivity contribution < 1.29 is 9.21 Å². The molecule has 0 radical (unpaired) electrons. The van der Waals surface area contributed by atoms with E-state index in [1.807, 2.05) is 0 Å². The van der Waals surface area contributed by atoms with Crippen LogP contribution in [0.1, 0.15) is 23.0 Å². The molecule has 1 aromatic heterocycles. The van der Waals surface area contributed by atoms with Gasteiger partial charge in [0.2, 0.25) is 5.89 Å². The fraction of sp³-hybridized carbons (Fsp3) is 0.786. The largest absolute Gasteiger partial charge is 0.415 e. The fourth-order valence-electron chi connectivity index (χ4n) is 2.48. The molecule has 1 aromatic rings. The Hall–Kier alpha value is -1.51. The number of hydrogen-bond donors (Lipinski definition) is 1.